The van der Waals surface area contributed by atoms with E-state index >= 15 is 0 Å². The highest BCUT2D eigenvalue weighted by molar-refractivity contribution is 5.92. The summed E-state index contributed by atoms with van der Waals surface area (Å²) < 4.78 is 15.1. The summed E-state index contributed by atoms with van der Waals surface area (Å²) in [5.41, 5.74) is 2.64. The van der Waals surface area contributed by atoms with Crippen molar-refractivity contribution in [2.45, 2.75) is 13.0 Å². The summed E-state index contributed by atoms with van der Waals surface area (Å²) >= 11 is 0. The van der Waals surface area contributed by atoms with Gasteiger partial charge in [-0.1, -0.05) is 18.2 Å². The largest absolute Gasteiger partial charge is 0.345 e. The molecule has 5 nitrogen and oxygen atoms in total. The number of amides is 1. The van der Waals surface area contributed by atoms with Crippen molar-refractivity contribution >= 4 is 5.91 Å². The molecule has 0 radical (unpaired) electrons. The van der Waals surface area contributed by atoms with Crippen molar-refractivity contribution in [2.75, 3.05) is 0 Å². The van der Waals surface area contributed by atoms with Crippen molar-refractivity contribution < 1.29 is 9.18 Å². The number of halogens is 1. The highest BCUT2D eigenvalue weighted by atomic mass is 19.1. The first-order chi connectivity index (χ1) is 11.6. The van der Waals surface area contributed by atoms with Crippen molar-refractivity contribution in [1.82, 2.24) is 19.9 Å². The maximum absolute atomic E-state index is 13.2. The Bertz CT molecular complexity index is 859. The van der Waals surface area contributed by atoms with E-state index in [2.05, 4.69) is 15.3 Å². The van der Waals surface area contributed by atoms with Crippen LogP contribution in [0.25, 0.3) is 0 Å². The SMILES string of the molecule is Cn1cnc(CNC(=O)c2cccc(Cc3cccc(F)c3)n2)c1. The zero-order chi connectivity index (χ0) is 16.9. The number of rotatable bonds is 5. The van der Waals surface area contributed by atoms with Crippen LogP contribution in [0.2, 0.25) is 0 Å². The minimum Gasteiger partial charge on any atom is -0.345 e. The molecular weight excluding hydrogens is 307 g/mol. The summed E-state index contributed by atoms with van der Waals surface area (Å²) in [4.78, 5) is 20.7. The lowest BCUT2D eigenvalue weighted by Crippen LogP contribution is -2.24. The van der Waals surface area contributed by atoms with Crippen LogP contribution in [0.5, 0.6) is 0 Å². The highest BCUT2D eigenvalue weighted by Crippen LogP contribution is 2.10. The highest BCUT2D eigenvalue weighted by Gasteiger charge is 2.09. The summed E-state index contributed by atoms with van der Waals surface area (Å²) in [6.07, 6.45) is 3.99. The molecule has 0 fully saturated rings. The lowest BCUT2D eigenvalue weighted by atomic mass is 10.1. The summed E-state index contributed by atoms with van der Waals surface area (Å²) in [6.45, 7) is 0.343. The molecule has 0 saturated carbocycles. The fourth-order valence-electron chi connectivity index (χ4n) is 2.38. The van der Waals surface area contributed by atoms with Gasteiger partial charge in [0.05, 0.1) is 18.6 Å². The maximum atomic E-state index is 13.2. The first kappa shape index (κ1) is 15.9. The molecule has 2 aromatic heterocycles. The molecule has 1 N–H and O–H groups in total. The van der Waals surface area contributed by atoms with Crippen LogP contribution >= 0.6 is 0 Å². The van der Waals surface area contributed by atoms with Gasteiger partial charge in [-0.3, -0.25) is 4.79 Å². The quantitative estimate of drug-likeness (QED) is 0.784. The van der Waals surface area contributed by atoms with Gasteiger partial charge in [0, 0.05) is 25.4 Å². The van der Waals surface area contributed by atoms with E-state index in [0.29, 0.717) is 24.4 Å². The lowest BCUT2D eigenvalue weighted by molar-refractivity contribution is 0.0945. The van der Waals surface area contributed by atoms with Crippen LogP contribution in [0.3, 0.4) is 0 Å². The maximum Gasteiger partial charge on any atom is 0.270 e. The molecule has 0 atom stereocenters. The Hall–Kier alpha value is -3.02. The molecule has 0 aliphatic heterocycles. The predicted molar refractivity (Wildman–Crippen MR) is 87.8 cm³/mol. The molecule has 122 valence electrons. The van der Waals surface area contributed by atoms with Gasteiger partial charge >= 0.3 is 0 Å². The third-order valence-corrected chi connectivity index (χ3v) is 3.50. The standard InChI is InChI=1S/C18H17FN4O/c1-23-11-16(21-12-23)10-20-18(24)17-7-3-6-15(22-17)9-13-4-2-5-14(19)8-13/h2-8,11-12H,9-10H2,1H3,(H,20,24). The molecule has 2 heterocycles. The Morgan fingerprint density at radius 2 is 2.04 bits per heavy atom. The Labute approximate surface area is 139 Å². The smallest absolute Gasteiger partial charge is 0.270 e. The van der Waals surface area contributed by atoms with Gasteiger partial charge in [0.15, 0.2) is 0 Å². The van der Waals surface area contributed by atoms with Gasteiger partial charge in [-0.2, -0.15) is 0 Å². The van der Waals surface area contributed by atoms with Crippen molar-refractivity contribution in [3.05, 3.63) is 83.5 Å². The van der Waals surface area contributed by atoms with E-state index in [4.69, 9.17) is 0 Å². The number of hydrogen-bond donors (Lipinski definition) is 1. The van der Waals surface area contributed by atoms with Crippen LogP contribution in [0.4, 0.5) is 4.39 Å². The van der Waals surface area contributed by atoms with Crippen LogP contribution in [0, 0.1) is 5.82 Å². The molecule has 1 aromatic carbocycles. The average Bonchev–Trinajstić information content (AvgIpc) is 2.98. The fourth-order valence-corrected chi connectivity index (χ4v) is 2.38. The van der Waals surface area contributed by atoms with E-state index in [-0.39, 0.29) is 11.7 Å². The molecule has 0 unspecified atom stereocenters. The molecule has 6 heteroatoms. The van der Waals surface area contributed by atoms with Crippen LogP contribution in [0.15, 0.2) is 55.0 Å². The number of carbonyl (C=O) groups is 1. The van der Waals surface area contributed by atoms with E-state index in [1.807, 2.05) is 29.9 Å². The number of hydrogen-bond acceptors (Lipinski definition) is 3. The normalized spacial score (nSPS) is 10.6. The van der Waals surface area contributed by atoms with E-state index < -0.39 is 0 Å². The second-order valence-corrected chi connectivity index (χ2v) is 5.53. The third-order valence-electron chi connectivity index (χ3n) is 3.50. The Morgan fingerprint density at radius 1 is 1.21 bits per heavy atom. The van der Waals surface area contributed by atoms with Crippen LogP contribution in [-0.2, 0) is 20.0 Å². The molecule has 1 amide bonds. The zero-order valence-electron chi connectivity index (χ0n) is 13.2. The minimum atomic E-state index is -0.281. The number of benzene rings is 1. The van der Waals surface area contributed by atoms with Crippen molar-refractivity contribution in [2.24, 2.45) is 7.05 Å². The topological polar surface area (TPSA) is 59.8 Å². The molecule has 3 aromatic rings. The number of nitrogens with zero attached hydrogens (tertiary/aromatic N) is 3. The van der Waals surface area contributed by atoms with E-state index in [1.54, 1.807) is 24.5 Å². The van der Waals surface area contributed by atoms with Gasteiger partial charge in [-0.05, 0) is 29.8 Å². The van der Waals surface area contributed by atoms with Crippen LogP contribution < -0.4 is 5.32 Å². The second kappa shape index (κ2) is 7.04. The third kappa shape index (κ3) is 4.04. The van der Waals surface area contributed by atoms with Crippen molar-refractivity contribution in [3.8, 4) is 0 Å². The summed E-state index contributed by atoms with van der Waals surface area (Å²) in [6, 6.07) is 11.6. The van der Waals surface area contributed by atoms with Gasteiger partial charge in [-0.15, -0.1) is 0 Å². The van der Waals surface area contributed by atoms with Gasteiger partial charge in [0.25, 0.3) is 5.91 Å². The zero-order valence-corrected chi connectivity index (χ0v) is 13.2. The number of imidazole rings is 1. The summed E-state index contributed by atoms with van der Waals surface area (Å²) in [7, 11) is 1.87. The molecular formula is C18H17FN4O. The fraction of sp³-hybridized carbons (Fsp3) is 0.167. The lowest BCUT2D eigenvalue weighted by Gasteiger charge is -2.06. The van der Waals surface area contributed by atoms with E-state index in [9.17, 15) is 9.18 Å². The Kier molecular flexibility index (Phi) is 4.65. The molecule has 3 rings (SSSR count). The van der Waals surface area contributed by atoms with Gasteiger partial charge in [0.2, 0.25) is 0 Å². The number of pyridine rings is 1. The number of aryl methyl sites for hydroxylation is 1. The Morgan fingerprint density at radius 3 is 2.79 bits per heavy atom. The molecule has 0 aliphatic rings. The Balaban J connectivity index is 1.66. The molecule has 0 spiro atoms. The minimum absolute atomic E-state index is 0.262. The van der Waals surface area contributed by atoms with E-state index in [1.165, 1.54) is 12.1 Å². The summed E-state index contributed by atoms with van der Waals surface area (Å²) in [5.74, 6) is -0.543. The van der Waals surface area contributed by atoms with Gasteiger partial charge in [0.1, 0.15) is 11.5 Å². The number of carbonyl (C=O) groups excluding carboxylic acids is 1. The predicted octanol–water partition coefficient (Wildman–Crippen LogP) is 2.48. The number of nitrogens with one attached hydrogen (secondary N) is 1. The molecule has 0 aliphatic carbocycles. The number of aromatic nitrogens is 3. The van der Waals surface area contributed by atoms with Crippen LogP contribution in [-0.4, -0.2) is 20.4 Å². The molecule has 0 bridgehead atoms. The molecule has 24 heavy (non-hydrogen) atoms. The van der Waals surface area contributed by atoms with Gasteiger partial charge in [-0.25, -0.2) is 14.4 Å². The second-order valence-electron chi connectivity index (χ2n) is 5.53. The first-order valence-electron chi connectivity index (χ1n) is 7.55. The first-order valence-corrected chi connectivity index (χ1v) is 7.55. The van der Waals surface area contributed by atoms with Gasteiger partial charge < -0.3 is 9.88 Å². The summed E-state index contributed by atoms with van der Waals surface area (Å²) in [5, 5.41) is 2.79. The van der Waals surface area contributed by atoms with E-state index in [0.717, 1.165) is 11.3 Å². The van der Waals surface area contributed by atoms with Crippen molar-refractivity contribution in [1.29, 1.82) is 0 Å². The average molecular weight is 324 g/mol. The van der Waals surface area contributed by atoms with Crippen molar-refractivity contribution in [3.63, 3.8) is 0 Å². The molecule has 0 saturated heterocycles. The monoisotopic (exact) mass is 324 g/mol. The van der Waals surface area contributed by atoms with Crippen LogP contribution in [0.1, 0.15) is 27.4 Å².